The molecule has 1 aromatic carbocycles. The second-order valence-electron chi connectivity index (χ2n) is 7.40. The van der Waals surface area contributed by atoms with Gasteiger partial charge in [0.2, 0.25) is 0 Å². The van der Waals surface area contributed by atoms with Gasteiger partial charge in [-0.15, -0.1) is 6.42 Å². The van der Waals surface area contributed by atoms with Crippen LogP contribution in [0.15, 0.2) is 42.0 Å². The predicted molar refractivity (Wildman–Crippen MR) is 99.4 cm³/mol. The Morgan fingerprint density at radius 1 is 1.35 bits per heavy atom. The van der Waals surface area contributed by atoms with Gasteiger partial charge in [-0.05, 0) is 86.5 Å². The summed E-state index contributed by atoms with van der Waals surface area (Å²) in [6.07, 6.45) is 19.3. The van der Waals surface area contributed by atoms with Crippen LogP contribution in [0.1, 0.15) is 61.6 Å². The lowest BCUT2D eigenvalue weighted by molar-refractivity contribution is 0.224. The highest BCUT2D eigenvalue weighted by Gasteiger charge is 2.40. The van der Waals surface area contributed by atoms with Crippen molar-refractivity contribution in [3.05, 3.63) is 58.7 Å². The highest BCUT2D eigenvalue weighted by atomic mass is 14.4. The SMILES string of the molecule is C#C/C=C\C=C(\C)CC[C@@H]1CCC[C@H]2Cc3c(C)cccc3[C@@H]12. The average molecular weight is 304 g/mol. The van der Waals surface area contributed by atoms with Crippen LogP contribution in [0.3, 0.4) is 0 Å². The van der Waals surface area contributed by atoms with E-state index in [1.54, 1.807) is 17.2 Å². The summed E-state index contributed by atoms with van der Waals surface area (Å²) in [5, 5.41) is 0. The summed E-state index contributed by atoms with van der Waals surface area (Å²) in [5.41, 5.74) is 6.29. The molecule has 23 heavy (non-hydrogen) atoms. The third kappa shape index (κ3) is 3.45. The van der Waals surface area contributed by atoms with E-state index in [-0.39, 0.29) is 0 Å². The van der Waals surface area contributed by atoms with Crippen LogP contribution in [0.4, 0.5) is 0 Å². The van der Waals surface area contributed by atoms with E-state index in [1.807, 2.05) is 6.08 Å². The fraction of sp³-hybridized carbons (Fsp3) is 0.478. The van der Waals surface area contributed by atoms with E-state index in [1.165, 1.54) is 49.7 Å². The molecular formula is C23H28. The fourth-order valence-electron chi connectivity index (χ4n) is 4.79. The summed E-state index contributed by atoms with van der Waals surface area (Å²) in [6, 6.07) is 6.96. The average Bonchev–Trinajstić information content (AvgIpc) is 2.94. The summed E-state index contributed by atoms with van der Waals surface area (Å²) in [6.45, 7) is 4.52. The lowest BCUT2D eigenvalue weighted by Gasteiger charge is -2.34. The molecule has 0 aliphatic heterocycles. The van der Waals surface area contributed by atoms with Crippen LogP contribution < -0.4 is 0 Å². The van der Waals surface area contributed by atoms with Crippen molar-refractivity contribution in [2.75, 3.05) is 0 Å². The molecule has 0 saturated heterocycles. The number of benzene rings is 1. The molecule has 1 saturated carbocycles. The summed E-state index contributed by atoms with van der Waals surface area (Å²) < 4.78 is 0. The maximum atomic E-state index is 5.26. The number of allylic oxidation sites excluding steroid dienone is 4. The Kier molecular flexibility index (Phi) is 5.06. The monoisotopic (exact) mass is 304 g/mol. The van der Waals surface area contributed by atoms with E-state index < -0.39 is 0 Å². The van der Waals surface area contributed by atoms with Crippen LogP contribution in [0.5, 0.6) is 0 Å². The van der Waals surface area contributed by atoms with Crippen molar-refractivity contribution in [2.24, 2.45) is 11.8 Å². The standard InChI is InChI=1S/C23H28/c1-4-5-6-9-17(2)14-15-19-11-8-12-20-16-22-18(3)10-7-13-21(22)23(19)20/h1,5-7,9-10,13,19-20,23H,8,11-12,14-16H2,2-3H3/b6-5-,17-9-/t19-,20-,23-/m0/s1. The smallest absolute Gasteiger partial charge is 0.00992 e. The van der Waals surface area contributed by atoms with Crippen molar-refractivity contribution >= 4 is 0 Å². The van der Waals surface area contributed by atoms with E-state index in [0.29, 0.717) is 0 Å². The van der Waals surface area contributed by atoms with E-state index in [2.05, 4.69) is 44.0 Å². The molecule has 3 atom stereocenters. The number of aryl methyl sites for hydroxylation is 1. The first-order chi connectivity index (χ1) is 11.2. The minimum atomic E-state index is 0.813. The molecule has 0 N–H and O–H groups in total. The number of fused-ring (bicyclic) bond motifs is 3. The molecule has 2 aliphatic rings. The Morgan fingerprint density at radius 3 is 3.04 bits per heavy atom. The molecule has 3 rings (SSSR count). The van der Waals surface area contributed by atoms with E-state index in [0.717, 1.165) is 17.8 Å². The molecular weight excluding hydrogens is 276 g/mol. The van der Waals surface area contributed by atoms with E-state index in [9.17, 15) is 0 Å². The summed E-state index contributed by atoms with van der Waals surface area (Å²) >= 11 is 0. The molecule has 0 unspecified atom stereocenters. The van der Waals surface area contributed by atoms with Gasteiger partial charge >= 0.3 is 0 Å². The van der Waals surface area contributed by atoms with Gasteiger partial charge in [0.25, 0.3) is 0 Å². The van der Waals surface area contributed by atoms with Gasteiger partial charge < -0.3 is 0 Å². The zero-order valence-electron chi connectivity index (χ0n) is 14.5. The molecule has 1 fully saturated rings. The maximum absolute atomic E-state index is 5.26. The molecule has 0 nitrogen and oxygen atoms in total. The van der Waals surface area contributed by atoms with Gasteiger partial charge in [-0.2, -0.15) is 0 Å². The Morgan fingerprint density at radius 2 is 2.22 bits per heavy atom. The lowest BCUT2D eigenvalue weighted by Crippen LogP contribution is -2.23. The van der Waals surface area contributed by atoms with Crippen molar-refractivity contribution in [1.29, 1.82) is 0 Å². The number of terminal acetylenes is 1. The molecule has 0 aromatic heterocycles. The first kappa shape index (κ1) is 16.1. The number of rotatable bonds is 4. The van der Waals surface area contributed by atoms with Crippen molar-refractivity contribution in [3.63, 3.8) is 0 Å². The zero-order chi connectivity index (χ0) is 16.2. The summed E-state index contributed by atoms with van der Waals surface area (Å²) in [7, 11) is 0. The minimum Gasteiger partial charge on any atom is -0.115 e. The van der Waals surface area contributed by atoms with Crippen molar-refractivity contribution in [2.45, 2.75) is 58.3 Å². The normalized spacial score (nSPS) is 26.8. The predicted octanol–water partition coefficient (Wildman–Crippen LogP) is 5.97. The highest BCUT2D eigenvalue weighted by Crippen LogP contribution is 2.51. The Bertz CT molecular complexity index is 653. The highest BCUT2D eigenvalue weighted by molar-refractivity contribution is 5.42. The van der Waals surface area contributed by atoms with Crippen LogP contribution in [-0.4, -0.2) is 0 Å². The Balaban J connectivity index is 1.72. The second kappa shape index (κ2) is 7.22. The van der Waals surface area contributed by atoms with Crippen LogP contribution in [0.25, 0.3) is 0 Å². The molecule has 0 heteroatoms. The molecule has 0 bridgehead atoms. The van der Waals surface area contributed by atoms with Gasteiger partial charge in [-0.3, -0.25) is 0 Å². The molecule has 0 amide bonds. The third-order valence-electron chi connectivity index (χ3n) is 5.92. The Hall–Kier alpha value is -1.74. The Labute approximate surface area is 141 Å². The third-order valence-corrected chi connectivity index (χ3v) is 5.92. The minimum absolute atomic E-state index is 0.813. The first-order valence-corrected chi connectivity index (χ1v) is 9.07. The molecule has 120 valence electrons. The van der Waals surface area contributed by atoms with Crippen molar-refractivity contribution in [3.8, 4) is 12.3 Å². The number of hydrogen-bond acceptors (Lipinski definition) is 0. The van der Waals surface area contributed by atoms with Gasteiger partial charge in [0.05, 0.1) is 0 Å². The maximum Gasteiger partial charge on any atom is -0.00992 e. The van der Waals surface area contributed by atoms with Gasteiger partial charge in [0.15, 0.2) is 0 Å². The zero-order valence-corrected chi connectivity index (χ0v) is 14.5. The quantitative estimate of drug-likeness (QED) is 0.475. The van der Waals surface area contributed by atoms with Gasteiger partial charge in [0.1, 0.15) is 0 Å². The van der Waals surface area contributed by atoms with Crippen LogP contribution >= 0.6 is 0 Å². The van der Waals surface area contributed by atoms with E-state index in [4.69, 9.17) is 6.42 Å². The van der Waals surface area contributed by atoms with Crippen LogP contribution in [-0.2, 0) is 6.42 Å². The van der Waals surface area contributed by atoms with Crippen molar-refractivity contribution in [1.82, 2.24) is 0 Å². The molecule has 0 heterocycles. The molecule has 0 radical (unpaired) electrons. The van der Waals surface area contributed by atoms with Crippen LogP contribution in [0, 0.1) is 31.1 Å². The van der Waals surface area contributed by atoms with Gasteiger partial charge in [0, 0.05) is 0 Å². The van der Waals surface area contributed by atoms with Gasteiger partial charge in [-0.25, -0.2) is 0 Å². The topological polar surface area (TPSA) is 0 Å². The molecule has 0 spiro atoms. The molecule has 2 aliphatic carbocycles. The number of hydrogen-bond donors (Lipinski definition) is 0. The molecule has 1 aromatic rings. The second-order valence-corrected chi connectivity index (χ2v) is 7.40. The van der Waals surface area contributed by atoms with E-state index >= 15 is 0 Å². The summed E-state index contributed by atoms with van der Waals surface area (Å²) in [4.78, 5) is 0. The largest absolute Gasteiger partial charge is 0.115 e. The summed E-state index contributed by atoms with van der Waals surface area (Å²) in [5.74, 6) is 5.12. The van der Waals surface area contributed by atoms with Crippen LogP contribution in [0.2, 0.25) is 0 Å². The lowest BCUT2D eigenvalue weighted by atomic mass is 9.70. The van der Waals surface area contributed by atoms with Crippen molar-refractivity contribution < 1.29 is 0 Å². The fourth-order valence-corrected chi connectivity index (χ4v) is 4.79. The first-order valence-electron chi connectivity index (χ1n) is 9.07. The van der Waals surface area contributed by atoms with Gasteiger partial charge in [-0.1, -0.05) is 48.3 Å².